The summed E-state index contributed by atoms with van der Waals surface area (Å²) in [6.07, 6.45) is 0. The van der Waals surface area contributed by atoms with E-state index in [0.29, 0.717) is 12.2 Å². The first-order chi connectivity index (χ1) is 12.5. The molecule has 3 rings (SSSR count). The lowest BCUT2D eigenvalue weighted by atomic mass is 9.95. The van der Waals surface area contributed by atoms with Gasteiger partial charge in [0.05, 0.1) is 18.2 Å². The van der Waals surface area contributed by atoms with Crippen molar-refractivity contribution in [3.05, 3.63) is 75.8 Å². The van der Waals surface area contributed by atoms with Gasteiger partial charge < -0.3 is 14.7 Å². The zero-order valence-electron chi connectivity index (χ0n) is 14.2. The van der Waals surface area contributed by atoms with Crippen LogP contribution in [0.3, 0.4) is 0 Å². The predicted molar refractivity (Wildman–Crippen MR) is 101 cm³/mol. The highest BCUT2D eigenvalue weighted by molar-refractivity contribution is 9.10. The molecule has 2 aromatic carbocycles. The summed E-state index contributed by atoms with van der Waals surface area (Å²) >= 11 is 3.42. The second-order valence-corrected chi connectivity index (χ2v) is 6.82. The minimum absolute atomic E-state index is 0.0930. The van der Waals surface area contributed by atoms with Crippen LogP contribution in [0.1, 0.15) is 17.2 Å². The van der Waals surface area contributed by atoms with Crippen molar-refractivity contribution in [2.75, 3.05) is 20.3 Å². The number of halogens is 1. The number of ether oxygens (including phenoxy) is 1. The number of hydrogen-bond acceptors (Lipinski definition) is 4. The standard InChI is InChI=1S/C20H18BrNO4/c1-26-11-10-22-17(14-8-5-9-15(21)12-14)16(19(24)20(22)25)18(23)13-6-3-2-4-7-13/h2-9,12,17,23H,10-11H2,1H3/b18-16+/t17-/m0/s1. The summed E-state index contributed by atoms with van der Waals surface area (Å²) in [6, 6.07) is 15.5. The van der Waals surface area contributed by atoms with Crippen LogP contribution in [0.4, 0.5) is 0 Å². The number of nitrogens with zero attached hydrogens (tertiary/aromatic N) is 1. The van der Waals surface area contributed by atoms with Crippen molar-refractivity contribution < 1.29 is 19.4 Å². The first-order valence-electron chi connectivity index (χ1n) is 8.13. The van der Waals surface area contributed by atoms with Crippen LogP contribution in [-0.4, -0.2) is 42.0 Å². The van der Waals surface area contributed by atoms with E-state index < -0.39 is 17.7 Å². The lowest BCUT2D eigenvalue weighted by Gasteiger charge is -2.25. The van der Waals surface area contributed by atoms with E-state index in [0.717, 1.165) is 10.0 Å². The van der Waals surface area contributed by atoms with Crippen molar-refractivity contribution in [1.29, 1.82) is 0 Å². The molecule has 1 fully saturated rings. The molecular weight excluding hydrogens is 398 g/mol. The average Bonchev–Trinajstić information content (AvgIpc) is 2.91. The Morgan fingerprint density at radius 1 is 1.15 bits per heavy atom. The van der Waals surface area contributed by atoms with Gasteiger partial charge in [0, 0.05) is 23.7 Å². The average molecular weight is 416 g/mol. The first-order valence-corrected chi connectivity index (χ1v) is 8.92. The summed E-state index contributed by atoms with van der Waals surface area (Å²) in [6.45, 7) is 0.548. The molecular formula is C20H18BrNO4. The van der Waals surface area contributed by atoms with Crippen molar-refractivity contribution in [2.24, 2.45) is 0 Å². The molecule has 0 aliphatic carbocycles. The van der Waals surface area contributed by atoms with Crippen LogP contribution in [0.2, 0.25) is 0 Å². The molecule has 0 bridgehead atoms. The van der Waals surface area contributed by atoms with Gasteiger partial charge in [-0.15, -0.1) is 0 Å². The summed E-state index contributed by atoms with van der Waals surface area (Å²) in [5, 5.41) is 10.8. The number of likely N-dealkylation sites (tertiary alicyclic amines) is 1. The number of ketones is 1. The molecule has 1 heterocycles. The van der Waals surface area contributed by atoms with Crippen molar-refractivity contribution in [3.8, 4) is 0 Å². The summed E-state index contributed by atoms with van der Waals surface area (Å²) in [5.41, 5.74) is 1.33. The number of carbonyl (C=O) groups is 2. The van der Waals surface area contributed by atoms with Crippen LogP contribution in [0.15, 0.2) is 64.6 Å². The van der Waals surface area contributed by atoms with Gasteiger partial charge in [-0.25, -0.2) is 0 Å². The second kappa shape index (κ2) is 7.85. The van der Waals surface area contributed by atoms with Gasteiger partial charge in [0.15, 0.2) is 0 Å². The Labute approximate surface area is 160 Å². The highest BCUT2D eigenvalue weighted by Crippen LogP contribution is 2.39. The maximum absolute atomic E-state index is 12.7. The fourth-order valence-corrected chi connectivity index (χ4v) is 3.49. The maximum Gasteiger partial charge on any atom is 0.295 e. The Balaban J connectivity index is 2.16. The van der Waals surface area contributed by atoms with E-state index in [1.165, 1.54) is 12.0 Å². The molecule has 2 aromatic rings. The fraction of sp³-hybridized carbons (Fsp3) is 0.200. The van der Waals surface area contributed by atoms with E-state index in [4.69, 9.17) is 4.74 Å². The summed E-state index contributed by atoms with van der Waals surface area (Å²) in [5.74, 6) is -1.49. The van der Waals surface area contributed by atoms with Crippen molar-refractivity contribution in [2.45, 2.75) is 6.04 Å². The van der Waals surface area contributed by atoms with E-state index in [2.05, 4.69) is 15.9 Å². The molecule has 26 heavy (non-hydrogen) atoms. The highest BCUT2D eigenvalue weighted by Gasteiger charge is 2.45. The number of rotatable bonds is 5. The van der Waals surface area contributed by atoms with Crippen LogP contribution in [0.25, 0.3) is 5.76 Å². The van der Waals surface area contributed by atoms with Crippen LogP contribution >= 0.6 is 15.9 Å². The number of Topliss-reactive ketones (excluding diaryl/α,β-unsaturated/α-hetero) is 1. The minimum atomic E-state index is -0.688. The van der Waals surface area contributed by atoms with Crippen molar-refractivity contribution in [1.82, 2.24) is 4.90 Å². The molecule has 1 amide bonds. The largest absolute Gasteiger partial charge is 0.507 e. The van der Waals surface area contributed by atoms with Crippen LogP contribution < -0.4 is 0 Å². The zero-order chi connectivity index (χ0) is 18.7. The van der Waals surface area contributed by atoms with E-state index in [9.17, 15) is 14.7 Å². The third-order valence-corrected chi connectivity index (χ3v) is 4.78. The van der Waals surface area contributed by atoms with Crippen LogP contribution in [0, 0.1) is 0 Å². The van der Waals surface area contributed by atoms with E-state index in [1.807, 2.05) is 30.3 Å². The van der Waals surface area contributed by atoms with Gasteiger partial charge in [-0.2, -0.15) is 0 Å². The molecule has 1 saturated heterocycles. The number of aliphatic hydroxyl groups excluding tert-OH is 1. The SMILES string of the molecule is COCCN1C(=O)C(=O)/C(=C(/O)c2ccccc2)[C@@H]1c1cccc(Br)c1. The lowest BCUT2D eigenvalue weighted by molar-refractivity contribution is -0.140. The number of aliphatic hydroxyl groups is 1. The number of hydrogen-bond donors (Lipinski definition) is 1. The molecule has 1 aliphatic rings. The normalized spacial score (nSPS) is 19.2. The van der Waals surface area contributed by atoms with Gasteiger partial charge in [-0.05, 0) is 17.7 Å². The highest BCUT2D eigenvalue weighted by atomic mass is 79.9. The smallest absolute Gasteiger partial charge is 0.295 e. The van der Waals surface area contributed by atoms with Gasteiger partial charge >= 0.3 is 0 Å². The fourth-order valence-electron chi connectivity index (χ4n) is 3.08. The topological polar surface area (TPSA) is 66.8 Å². The number of benzene rings is 2. The molecule has 0 radical (unpaired) electrons. The third-order valence-electron chi connectivity index (χ3n) is 4.29. The molecule has 134 valence electrons. The zero-order valence-corrected chi connectivity index (χ0v) is 15.8. The molecule has 0 spiro atoms. The number of carbonyl (C=O) groups excluding carboxylic acids is 2. The van der Waals surface area contributed by atoms with Crippen molar-refractivity contribution >= 4 is 33.4 Å². The van der Waals surface area contributed by atoms with Gasteiger partial charge in [-0.3, -0.25) is 9.59 Å². The Bertz CT molecular complexity index is 863. The summed E-state index contributed by atoms with van der Waals surface area (Å²) in [7, 11) is 1.54. The number of methoxy groups -OCH3 is 1. The van der Waals surface area contributed by atoms with E-state index in [1.54, 1.807) is 24.3 Å². The van der Waals surface area contributed by atoms with Crippen LogP contribution in [-0.2, 0) is 14.3 Å². The molecule has 5 nitrogen and oxygen atoms in total. The van der Waals surface area contributed by atoms with Gasteiger partial charge in [0.1, 0.15) is 5.76 Å². The predicted octanol–water partition coefficient (Wildman–Crippen LogP) is 3.52. The van der Waals surface area contributed by atoms with Crippen LogP contribution in [0.5, 0.6) is 0 Å². The molecule has 0 aromatic heterocycles. The molecule has 0 unspecified atom stereocenters. The number of amides is 1. The van der Waals surface area contributed by atoms with Gasteiger partial charge in [0.25, 0.3) is 11.7 Å². The quantitative estimate of drug-likeness (QED) is 0.460. The third kappa shape index (κ3) is 3.43. The molecule has 6 heteroatoms. The van der Waals surface area contributed by atoms with E-state index >= 15 is 0 Å². The first kappa shape index (κ1) is 18.4. The molecule has 1 aliphatic heterocycles. The van der Waals surface area contributed by atoms with E-state index in [-0.39, 0.29) is 17.9 Å². The minimum Gasteiger partial charge on any atom is -0.507 e. The Morgan fingerprint density at radius 2 is 1.88 bits per heavy atom. The van der Waals surface area contributed by atoms with Gasteiger partial charge in [-0.1, -0.05) is 58.4 Å². The lowest BCUT2D eigenvalue weighted by Crippen LogP contribution is -2.32. The Kier molecular flexibility index (Phi) is 5.54. The monoisotopic (exact) mass is 415 g/mol. The van der Waals surface area contributed by atoms with Gasteiger partial charge in [0.2, 0.25) is 0 Å². The molecule has 1 atom stereocenters. The Morgan fingerprint density at radius 3 is 2.54 bits per heavy atom. The summed E-state index contributed by atoms with van der Waals surface area (Å²) in [4.78, 5) is 26.7. The van der Waals surface area contributed by atoms with Crippen molar-refractivity contribution in [3.63, 3.8) is 0 Å². The molecule has 0 saturated carbocycles. The second-order valence-electron chi connectivity index (χ2n) is 5.91. The molecule has 1 N–H and O–H groups in total. The maximum atomic E-state index is 12.7. The summed E-state index contributed by atoms with van der Waals surface area (Å²) < 4.78 is 5.91. The Hall–Kier alpha value is -2.44.